The Balaban J connectivity index is 1.53. The third kappa shape index (κ3) is 7.17. The lowest BCUT2D eigenvalue weighted by Gasteiger charge is -2.41. The van der Waals surface area contributed by atoms with Crippen molar-refractivity contribution in [3.8, 4) is 5.75 Å². The molecular formula is C28H28ClF6N3O. The lowest BCUT2D eigenvalue weighted by Crippen LogP contribution is -2.49. The van der Waals surface area contributed by atoms with E-state index in [1.165, 1.54) is 0 Å². The van der Waals surface area contributed by atoms with Gasteiger partial charge in [0.25, 0.3) is 0 Å². The first-order valence-corrected chi connectivity index (χ1v) is 12.7. The molecule has 1 unspecified atom stereocenters. The van der Waals surface area contributed by atoms with Crippen LogP contribution in [0.15, 0.2) is 66.7 Å². The van der Waals surface area contributed by atoms with Crippen molar-refractivity contribution < 1.29 is 31.1 Å². The number of ether oxygens (including phenoxy) is 1. The fourth-order valence-electron chi connectivity index (χ4n) is 4.83. The molecule has 0 aromatic heterocycles. The Bertz CT molecular complexity index is 1230. The highest BCUT2D eigenvalue weighted by Gasteiger charge is 2.37. The van der Waals surface area contributed by atoms with Crippen molar-refractivity contribution in [2.45, 2.75) is 24.9 Å². The van der Waals surface area contributed by atoms with Crippen molar-refractivity contribution in [1.82, 2.24) is 10.2 Å². The smallest absolute Gasteiger partial charge is 0.416 e. The van der Waals surface area contributed by atoms with E-state index in [9.17, 15) is 26.3 Å². The molecule has 0 aliphatic carbocycles. The summed E-state index contributed by atoms with van der Waals surface area (Å²) in [5.74, 6) is 0.649. The molecule has 3 aromatic rings. The number of hydrogen-bond acceptors (Lipinski definition) is 4. The van der Waals surface area contributed by atoms with Gasteiger partial charge in [0.05, 0.1) is 35.0 Å². The zero-order chi connectivity index (χ0) is 28.2. The fraction of sp³-hybridized carbons (Fsp3) is 0.357. The van der Waals surface area contributed by atoms with Crippen LogP contribution < -0.4 is 15.0 Å². The molecule has 0 bridgehead atoms. The zero-order valence-electron chi connectivity index (χ0n) is 21.1. The van der Waals surface area contributed by atoms with Crippen LogP contribution in [-0.2, 0) is 18.9 Å². The summed E-state index contributed by atoms with van der Waals surface area (Å²) in [6, 6.07) is 16.4. The minimum Gasteiger partial charge on any atom is -0.496 e. The molecule has 0 saturated carbocycles. The third-order valence-electron chi connectivity index (χ3n) is 6.76. The van der Waals surface area contributed by atoms with Gasteiger partial charge in [-0.15, -0.1) is 0 Å². The number of methoxy groups -OCH3 is 1. The number of hydrogen-bond donors (Lipinski definition) is 1. The molecular weight excluding hydrogens is 544 g/mol. The molecule has 3 aromatic carbocycles. The van der Waals surface area contributed by atoms with E-state index in [1.54, 1.807) is 7.11 Å². The molecule has 1 heterocycles. The molecule has 4 nitrogen and oxygen atoms in total. The van der Waals surface area contributed by atoms with Gasteiger partial charge in [-0.2, -0.15) is 26.3 Å². The van der Waals surface area contributed by atoms with Gasteiger partial charge in [0, 0.05) is 44.8 Å². The maximum Gasteiger partial charge on any atom is 0.416 e. The summed E-state index contributed by atoms with van der Waals surface area (Å²) in [5.41, 5.74) is -0.939. The highest BCUT2D eigenvalue weighted by molar-refractivity contribution is 6.33. The number of nitrogens with one attached hydrogen (secondary N) is 1. The Morgan fingerprint density at radius 1 is 0.846 bits per heavy atom. The second-order valence-corrected chi connectivity index (χ2v) is 9.68. The SMILES string of the molecule is COc1ccccc1C(CNCc1cc(C(F)(F)F)cc(C(F)(F)F)c1)N1CCN(c2ccccc2Cl)CC1. The molecule has 210 valence electrons. The van der Waals surface area contributed by atoms with Gasteiger partial charge in [-0.25, -0.2) is 0 Å². The maximum atomic E-state index is 13.3. The molecule has 1 aliphatic rings. The minimum atomic E-state index is -4.89. The van der Waals surface area contributed by atoms with Crippen molar-refractivity contribution in [2.75, 3.05) is 44.7 Å². The van der Waals surface area contributed by atoms with Crippen LogP contribution in [0.2, 0.25) is 5.02 Å². The normalized spacial score (nSPS) is 15.8. The molecule has 1 atom stereocenters. The number of rotatable bonds is 8. The molecule has 1 fully saturated rings. The van der Waals surface area contributed by atoms with Crippen molar-refractivity contribution in [3.05, 3.63) is 94.0 Å². The Labute approximate surface area is 228 Å². The van der Waals surface area contributed by atoms with E-state index < -0.39 is 23.5 Å². The molecule has 1 N–H and O–H groups in total. The summed E-state index contributed by atoms with van der Waals surface area (Å²) in [4.78, 5) is 4.42. The van der Waals surface area contributed by atoms with Crippen LogP contribution in [0.3, 0.4) is 0 Å². The Morgan fingerprint density at radius 2 is 1.44 bits per heavy atom. The molecule has 39 heavy (non-hydrogen) atoms. The van der Waals surface area contributed by atoms with Crippen LogP contribution >= 0.6 is 11.6 Å². The van der Waals surface area contributed by atoms with Gasteiger partial charge < -0.3 is 15.0 Å². The number of para-hydroxylation sites is 2. The number of halogens is 7. The van der Waals surface area contributed by atoms with Crippen LogP contribution in [0.25, 0.3) is 0 Å². The monoisotopic (exact) mass is 571 g/mol. The fourth-order valence-corrected chi connectivity index (χ4v) is 5.09. The molecule has 11 heteroatoms. The predicted octanol–water partition coefficient (Wildman–Crippen LogP) is 7.04. The van der Waals surface area contributed by atoms with Crippen LogP contribution in [0.5, 0.6) is 5.75 Å². The second-order valence-electron chi connectivity index (χ2n) is 9.28. The number of benzene rings is 3. The quantitative estimate of drug-likeness (QED) is 0.294. The summed E-state index contributed by atoms with van der Waals surface area (Å²) in [6.07, 6.45) is -9.78. The van der Waals surface area contributed by atoms with Crippen molar-refractivity contribution >= 4 is 17.3 Å². The topological polar surface area (TPSA) is 27.7 Å². The first-order valence-electron chi connectivity index (χ1n) is 12.3. The number of nitrogens with zero attached hydrogens (tertiary/aromatic N) is 2. The number of anilines is 1. The summed E-state index contributed by atoms with van der Waals surface area (Å²) in [5, 5.41) is 3.75. The number of piperazine rings is 1. The van der Waals surface area contributed by atoms with Gasteiger partial charge in [-0.05, 0) is 42.0 Å². The standard InChI is InChI=1S/C28H28ClF6N3O/c1-39-26-9-5-2-6-22(26)25(38-12-10-37(11-13-38)24-8-4-3-7-23(24)29)18-36-17-19-14-20(27(30,31)32)16-21(15-19)28(33,34)35/h2-9,14-16,25,36H,10-13,17-18H2,1H3. The van der Waals surface area contributed by atoms with Crippen LogP contribution in [0, 0.1) is 0 Å². The van der Waals surface area contributed by atoms with Crippen molar-refractivity contribution in [3.63, 3.8) is 0 Å². The molecule has 1 saturated heterocycles. The van der Waals surface area contributed by atoms with E-state index in [1.807, 2.05) is 48.5 Å². The third-order valence-corrected chi connectivity index (χ3v) is 7.08. The Kier molecular flexibility index (Phi) is 8.98. The average Bonchev–Trinajstić information content (AvgIpc) is 2.90. The second kappa shape index (κ2) is 12.1. The molecule has 0 radical (unpaired) electrons. The van der Waals surface area contributed by atoms with Gasteiger partial charge in [-0.1, -0.05) is 41.9 Å². The first kappa shape index (κ1) is 29.0. The van der Waals surface area contributed by atoms with Crippen molar-refractivity contribution in [1.29, 1.82) is 0 Å². The van der Waals surface area contributed by atoms with Gasteiger partial charge in [0.1, 0.15) is 5.75 Å². The lowest BCUT2D eigenvalue weighted by molar-refractivity contribution is -0.143. The predicted molar refractivity (Wildman–Crippen MR) is 139 cm³/mol. The lowest BCUT2D eigenvalue weighted by atomic mass is 10.0. The molecule has 1 aliphatic heterocycles. The Hall–Kier alpha value is -2.95. The zero-order valence-corrected chi connectivity index (χ0v) is 21.9. The van der Waals surface area contributed by atoms with E-state index in [2.05, 4.69) is 15.1 Å². The van der Waals surface area contributed by atoms with Gasteiger partial charge in [0.2, 0.25) is 0 Å². The average molecular weight is 572 g/mol. The largest absolute Gasteiger partial charge is 0.496 e. The van der Waals surface area contributed by atoms with E-state index in [4.69, 9.17) is 16.3 Å². The molecule has 0 spiro atoms. The molecule has 0 amide bonds. The van der Waals surface area contributed by atoms with Crippen LogP contribution in [0.1, 0.15) is 28.3 Å². The van der Waals surface area contributed by atoms with E-state index in [0.29, 0.717) is 37.0 Å². The van der Waals surface area contributed by atoms with Crippen LogP contribution in [0.4, 0.5) is 32.0 Å². The van der Waals surface area contributed by atoms with E-state index >= 15 is 0 Å². The van der Waals surface area contributed by atoms with E-state index in [0.717, 1.165) is 23.4 Å². The van der Waals surface area contributed by atoms with Crippen molar-refractivity contribution in [2.24, 2.45) is 0 Å². The van der Waals surface area contributed by atoms with Gasteiger partial charge in [-0.3, -0.25) is 4.90 Å². The van der Waals surface area contributed by atoms with E-state index in [-0.39, 0.29) is 30.8 Å². The summed E-state index contributed by atoms with van der Waals surface area (Å²) >= 11 is 6.37. The highest BCUT2D eigenvalue weighted by atomic mass is 35.5. The summed E-state index contributed by atoms with van der Waals surface area (Å²) in [6.45, 7) is 2.83. The first-order chi connectivity index (χ1) is 18.5. The van der Waals surface area contributed by atoms with Gasteiger partial charge in [0.15, 0.2) is 0 Å². The highest BCUT2D eigenvalue weighted by Crippen LogP contribution is 2.37. The maximum absolute atomic E-state index is 13.3. The van der Waals surface area contributed by atoms with Gasteiger partial charge >= 0.3 is 12.4 Å². The minimum absolute atomic E-state index is 0.0977. The molecule has 4 rings (SSSR count). The summed E-state index contributed by atoms with van der Waals surface area (Å²) < 4.78 is 85.3. The number of alkyl halides is 6. The van der Waals surface area contributed by atoms with Crippen LogP contribution in [-0.4, -0.2) is 44.7 Å². The Morgan fingerprint density at radius 3 is 2.03 bits per heavy atom. The summed E-state index contributed by atoms with van der Waals surface area (Å²) in [7, 11) is 1.56.